The third kappa shape index (κ3) is 4.48. The van der Waals surface area contributed by atoms with Gasteiger partial charge in [-0.25, -0.2) is 4.99 Å². The molecule has 0 amide bonds. The first-order valence-corrected chi connectivity index (χ1v) is 17.7. The number of benzene rings is 8. The van der Waals surface area contributed by atoms with Gasteiger partial charge in [-0.2, -0.15) is 0 Å². The molecule has 2 heterocycles. The molecule has 2 aliphatic rings. The van der Waals surface area contributed by atoms with Crippen LogP contribution in [-0.4, -0.2) is 5.96 Å². The van der Waals surface area contributed by atoms with E-state index in [1.165, 1.54) is 60.5 Å². The van der Waals surface area contributed by atoms with Crippen LogP contribution in [0.4, 0.5) is 22.7 Å². The number of nitrogens with zero attached hydrogens (tertiary/aromatic N) is 3. The van der Waals surface area contributed by atoms with Gasteiger partial charge in [-0.3, -0.25) is 9.80 Å². The van der Waals surface area contributed by atoms with Gasteiger partial charge in [0.25, 0.3) is 0 Å². The molecule has 0 saturated carbocycles. The second kappa shape index (κ2) is 11.3. The molecule has 10 rings (SSSR count). The fourth-order valence-corrected chi connectivity index (χ4v) is 8.33. The molecule has 242 valence electrons. The zero-order chi connectivity index (χ0) is 34.1. The lowest BCUT2D eigenvalue weighted by atomic mass is 9.87. The van der Waals surface area contributed by atoms with E-state index in [9.17, 15) is 0 Å². The molecule has 3 heteroatoms. The fourth-order valence-electron chi connectivity index (χ4n) is 8.33. The second-order valence-corrected chi connectivity index (χ2v) is 14.0. The lowest BCUT2D eigenvalue weighted by molar-refractivity contribution is 0.544. The maximum absolute atomic E-state index is 5.48. The summed E-state index contributed by atoms with van der Waals surface area (Å²) in [7, 11) is 0. The molecule has 0 atom stereocenters. The van der Waals surface area contributed by atoms with Crippen LogP contribution in [0.2, 0.25) is 0 Å². The van der Waals surface area contributed by atoms with E-state index in [0.717, 1.165) is 28.7 Å². The highest BCUT2D eigenvalue weighted by atomic mass is 15.5. The molecule has 0 spiro atoms. The van der Waals surface area contributed by atoms with Crippen molar-refractivity contribution in [1.29, 1.82) is 0 Å². The smallest absolute Gasteiger partial charge is 0.216 e. The molecule has 0 fully saturated rings. The van der Waals surface area contributed by atoms with Crippen LogP contribution in [-0.2, 0) is 5.54 Å². The zero-order valence-corrected chi connectivity index (χ0v) is 28.6. The largest absolute Gasteiger partial charge is 0.300 e. The topological polar surface area (TPSA) is 18.8 Å². The van der Waals surface area contributed by atoms with Crippen LogP contribution < -0.4 is 9.80 Å². The number of anilines is 3. The maximum Gasteiger partial charge on any atom is 0.216 e. The summed E-state index contributed by atoms with van der Waals surface area (Å²) in [5.41, 5.74) is 12.5. The highest BCUT2D eigenvalue weighted by molar-refractivity contribution is 6.31. The van der Waals surface area contributed by atoms with Crippen molar-refractivity contribution in [3.05, 3.63) is 181 Å². The number of aliphatic imine (C=N–C) groups is 1. The van der Waals surface area contributed by atoms with Crippen LogP contribution in [0.1, 0.15) is 19.4 Å². The number of hydrogen-bond acceptors (Lipinski definition) is 3. The second-order valence-electron chi connectivity index (χ2n) is 14.0. The van der Waals surface area contributed by atoms with Crippen molar-refractivity contribution in [3.8, 4) is 33.4 Å². The molecule has 0 saturated heterocycles. The van der Waals surface area contributed by atoms with Crippen LogP contribution in [0.3, 0.4) is 0 Å². The predicted molar refractivity (Wildman–Crippen MR) is 215 cm³/mol. The van der Waals surface area contributed by atoms with Crippen molar-refractivity contribution >= 4 is 50.3 Å². The van der Waals surface area contributed by atoms with Crippen LogP contribution in [0.25, 0.3) is 54.9 Å². The van der Waals surface area contributed by atoms with Gasteiger partial charge in [0.1, 0.15) is 0 Å². The SMILES string of the molecule is CC1(C)c2ccccc2N=C2N(c3c4ccc(-c5ccccc5)cc4c(-c4ccccc4)c4ccc(-c5ccccc5)cc34)c3ccccc3N21. The van der Waals surface area contributed by atoms with Crippen molar-refractivity contribution in [1.82, 2.24) is 0 Å². The van der Waals surface area contributed by atoms with Gasteiger partial charge in [-0.15, -0.1) is 0 Å². The molecular weight excluding hydrogens is 619 g/mol. The van der Waals surface area contributed by atoms with Crippen LogP contribution in [0.5, 0.6) is 0 Å². The molecule has 8 aromatic carbocycles. The number of hydrogen-bond donors (Lipinski definition) is 0. The average molecular weight is 654 g/mol. The summed E-state index contributed by atoms with van der Waals surface area (Å²) in [6.45, 7) is 4.63. The van der Waals surface area contributed by atoms with Gasteiger partial charge in [0.2, 0.25) is 5.96 Å². The molecule has 0 N–H and O–H groups in total. The van der Waals surface area contributed by atoms with Gasteiger partial charge >= 0.3 is 0 Å². The van der Waals surface area contributed by atoms with Crippen molar-refractivity contribution in [2.24, 2.45) is 4.99 Å². The van der Waals surface area contributed by atoms with Gasteiger partial charge < -0.3 is 0 Å². The Balaban J connectivity index is 1.37. The Morgan fingerprint density at radius 3 is 1.63 bits per heavy atom. The minimum absolute atomic E-state index is 0.330. The molecule has 3 nitrogen and oxygen atoms in total. The third-order valence-corrected chi connectivity index (χ3v) is 10.7. The molecule has 2 aliphatic heterocycles. The Morgan fingerprint density at radius 2 is 0.961 bits per heavy atom. The summed E-state index contributed by atoms with van der Waals surface area (Å²) in [5, 5.41) is 4.79. The number of para-hydroxylation sites is 3. The van der Waals surface area contributed by atoms with Crippen LogP contribution in [0.15, 0.2) is 181 Å². The number of guanidine groups is 1. The Bertz CT molecular complexity index is 2660. The monoisotopic (exact) mass is 653 g/mol. The van der Waals surface area contributed by atoms with E-state index in [2.05, 4.69) is 200 Å². The van der Waals surface area contributed by atoms with Crippen molar-refractivity contribution in [2.75, 3.05) is 9.80 Å². The molecule has 0 aromatic heterocycles. The van der Waals surface area contributed by atoms with E-state index in [1.807, 2.05) is 0 Å². The summed E-state index contributed by atoms with van der Waals surface area (Å²) in [6.07, 6.45) is 0. The Morgan fingerprint density at radius 1 is 0.431 bits per heavy atom. The normalized spacial score (nSPS) is 14.3. The minimum Gasteiger partial charge on any atom is -0.300 e. The highest BCUT2D eigenvalue weighted by Crippen LogP contribution is 2.55. The van der Waals surface area contributed by atoms with Gasteiger partial charge in [0.05, 0.1) is 28.3 Å². The molecule has 0 unspecified atom stereocenters. The first-order valence-electron chi connectivity index (χ1n) is 17.7. The summed E-state index contributed by atoms with van der Waals surface area (Å²) >= 11 is 0. The van der Waals surface area contributed by atoms with Gasteiger partial charge in [0.15, 0.2) is 0 Å². The van der Waals surface area contributed by atoms with E-state index in [1.54, 1.807) is 0 Å². The van der Waals surface area contributed by atoms with Crippen LogP contribution in [0, 0.1) is 0 Å². The zero-order valence-electron chi connectivity index (χ0n) is 28.6. The van der Waals surface area contributed by atoms with Crippen molar-refractivity contribution in [3.63, 3.8) is 0 Å². The average Bonchev–Trinajstić information content (AvgIpc) is 3.52. The van der Waals surface area contributed by atoms with Crippen molar-refractivity contribution in [2.45, 2.75) is 19.4 Å². The molecule has 0 aliphatic carbocycles. The van der Waals surface area contributed by atoms with E-state index >= 15 is 0 Å². The Labute approximate surface area is 298 Å². The van der Waals surface area contributed by atoms with Crippen molar-refractivity contribution < 1.29 is 0 Å². The van der Waals surface area contributed by atoms with E-state index in [-0.39, 0.29) is 5.54 Å². The molecule has 51 heavy (non-hydrogen) atoms. The van der Waals surface area contributed by atoms with E-state index in [4.69, 9.17) is 4.99 Å². The third-order valence-electron chi connectivity index (χ3n) is 10.7. The molecule has 8 aromatic rings. The summed E-state index contributed by atoms with van der Waals surface area (Å²) in [6, 6.07) is 63.7. The highest BCUT2D eigenvalue weighted by Gasteiger charge is 2.46. The quantitative estimate of drug-likeness (QED) is 0.176. The predicted octanol–water partition coefficient (Wildman–Crippen LogP) is 12.9. The lowest BCUT2D eigenvalue weighted by Gasteiger charge is -2.42. The van der Waals surface area contributed by atoms with Crippen LogP contribution >= 0.6 is 0 Å². The summed E-state index contributed by atoms with van der Waals surface area (Å²) < 4.78 is 0. The summed E-state index contributed by atoms with van der Waals surface area (Å²) in [4.78, 5) is 10.4. The molecule has 0 radical (unpaired) electrons. The van der Waals surface area contributed by atoms with Gasteiger partial charge in [0, 0.05) is 16.3 Å². The van der Waals surface area contributed by atoms with Gasteiger partial charge in [-0.1, -0.05) is 146 Å². The molecule has 0 bridgehead atoms. The summed E-state index contributed by atoms with van der Waals surface area (Å²) in [5.74, 6) is 0.923. The number of fused-ring (bicyclic) bond motifs is 6. The lowest BCUT2D eigenvalue weighted by Crippen LogP contribution is -2.49. The van der Waals surface area contributed by atoms with Gasteiger partial charge in [-0.05, 0) is 88.3 Å². The maximum atomic E-state index is 5.48. The minimum atomic E-state index is -0.330. The van der Waals surface area contributed by atoms with E-state index in [0.29, 0.717) is 0 Å². The number of rotatable bonds is 4. The molecular formula is C48H35N3. The Hall–Kier alpha value is -6.45. The first-order chi connectivity index (χ1) is 25.1. The van der Waals surface area contributed by atoms with E-state index < -0.39 is 0 Å². The Kier molecular flexibility index (Phi) is 6.53. The standard InChI is InChI=1S/C48H35N3/c1-48(2)41-22-12-13-23-42(41)49-47-50(43-24-14-15-25-44(43)51(47)48)46-38-29-27-35(32-16-6-3-7-17-32)30-39(38)45(34-20-10-5-11-21-34)37-28-26-36(31-40(37)46)33-18-8-4-9-19-33/h3-31H,1-2H3. The first kappa shape index (κ1) is 29.5. The fraction of sp³-hybridized carbons (Fsp3) is 0.0625.